The maximum absolute atomic E-state index is 4.50. The van der Waals surface area contributed by atoms with Crippen LogP contribution >= 0.6 is 67.9 Å². The van der Waals surface area contributed by atoms with Crippen molar-refractivity contribution in [2.45, 2.75) is 0 Å². The first-order chi connectivity index (χ1) is 6.74. The monoisotopic (exact) mass is 444 g/mol. The van der Waals surface area contributed by atoms with Crippen LogP contribution in [0.25, 0.3) is 20.4 Å². The van der Waals surface area contributed by atoms with Crippen molar-refractivity contribution in [3.05, 3.63) is 18.2 Å². The minimum atomic E-state index is 1.05. The molecule has 0 radical (unpaired) electrons. The lowest BCUT2D eigenvalue weighted by Crippen LogP contribution is -1.73. The summed E-state index contributed by atoms with van der Waals surface area (Å²) in [4.78, 5) is 9.00. The van der Waals surface area contributed by atoms with Gasteiger partial charge in [-0.15, -0.1) is 22.7 Å². The number of hydrogen-bond donors (Lipinski definition) is 0. The van der Waals surface area contributed by atoms with Crippen molar-refractivity contribution in [3.8, 4) is 0 Å². The third kappa shape index (κ3) is 1.46. The number of halogens is 2. The van der Waals surface area contributed by atoms with Crippen LogP contribution in [0.1, 0.15) is 0 Å². The first-order valence-corrected chi connectivity index (χ1v) is 7.54. The summed E-state index contributed by atoms with van der Waals surface area (Å²) in [5.74, 6) is 0. The largest absolute Gasteiger partial charge is 0.228 e. The first kappa shape index (κ1) is 9.67. The third-order valence-electron chi connectivity index (χ3n) is 1.86. The zero-order valence-electron chi connectivity index (χ0n) is 6.62. The molecular weight excluding hydrogens is 442 g/mol. The predicted octanol–water partition coefficient (Wildman–Crippen LogP) is 4.12. The minimum Gasteiger partial charge on any atom is -0.228 e. The topological polar surface area (TPSA) is 25.8 Å². The smallest absolute Gasteiger partial charge is 0.155 e. The molecule has 3 rings (SSSR count). The lowest BCUT2D eigenvalue weighted by atomic mass is 10.3. The summed E-state index contributed by atoms with van der Waals surface area (Å²) in [6.45, 7) is 0. The Morgan fingerprint density at radius 1 is 0.857 bits per heavy atom. The van der Waals surface area contributed by atoms with Crippen LogP contribution in [0.5, 0.6) is 0 Å². The summed E-state index contributed by atoms with van der Waals surface area (Å²) >= 11 is 7.94. The summed E-state index contributed by atoms with van der Waals surface area (Å²) < 4.78 is 4.61. The molecule has 0 atom stereocenters. The average molecular weight is 444 g/mol. The maximum Gasteiger partial charge on any atom is 0.155 e. The van der Waals surface area contributed by atoms with Crippen molar-refractivity contribution in [3.63, 3.8) is 0 Å². The van der Waals surface area contributed by atoms with Crippen molar-refractivity contribution in [2.75, 3.05) is 0 Å². The van der Waals surface area contributed by atoms with E-state index in [1.165, 1.54) is 9.40 Å². The van der Waals surface area contributed by atoms with Gasteiger partial charge in [-0.05, 0) is 57.3 Å². The molecule has 3 aromatic rings. The minimum absolute atomic E-state index is 1.05. The third-order valence-corrected chi connectivity index (χ3v) is 5.29. The van der Waals surface area contributed by atoms with Crippen LogP contribution in [0.2, 0.25) is 0 Å². The molecule has 0 aliphatic rings. The summed E-state index contributed by atoms with van der Waals surface area (Å²) in [5, 5.41) is 0. The fraction of sp³-hybridized carbons (Fsp3) is 0. The molecule has 0 N–H and O–H groups in total. The Kier molecular flexibility index (Phi) is 2.41. The SMILES string of the molecule is Ic1nc2c(ccc3sc(I)nc32)s1. The van der Waals surface area contributed by atoms with E-state index in [1.54, 1.807) is 22.7 Å². The molecule has 14 heavy (non-hydrogen) atoms. The van der Waals surface area contributed by atoms with E-state index in [0.29, 0.717) is 0 Å². The fourth-order valence-electron chi connectivity index (χ4n) is 1.33. The van der Waals surface area contributed by atoms with Crippen molar-refractivity contribution in [1.82, 2.24) is 9.97 Å². The first-order valence-electron chi connectivity index (χ1n) is 3.75. The molecule has 70 valence electrons. The normalized spacial score (nSPS) is 11.6. The lowest BCUT2D eigenvalue weighted by molar-refractivity contribution is 1.41. The van der Waals surface area contributed by atoms with Crippen LogP contribution in [-0.2, 0) is 0 Å². The van der Waals surface area contributed by atoms with Gasteiger partial charge in [0.2, 0.25) is 0 Å². The predicted molar refractivity (Wildman–Crippen MR) is 78.2 cm³/mol. The van der Waals surface area contributed by atoms with Gasteiger partial charge in [0.25, 0.3) is 0 Å². The van der Waals surface area contributed by atoms with E-state index in [4.69, 9.17) is 0 Å². The molecule has 2 nitrogen and oxygen atoms in total. The molecule has 0 saturated heterocycles. The summed E-state index contributed by atoms with van der Waals surface area (Å²) in [7, 11) is 0. The number of nitrogens with zero attached hydrogens (tertiary/aromatic N) is 2. The van der Waals surface area contributed by atoms with Gasteiger partial charge in [-0.1, -0.05) is 0 Å². The van der Waals surface area contributed by atoms with Gasteiger partial charge in [-0.25, -0.2) is 9.97 Å². The van der Waals surface area contributed by atoms with E-state index in [-0.39, 0.29) is 0 Å². The number of aromatic nitrogens is 2. The van der Waals surface area contributed by atoms with E-state index in [0.717, 1.165) is 17.1 Å². The van der Waals surface area contributed by atoms with Gasteiger partial charge >= 0.3 is 0 Å². The fourth-order valence-corrected chi connectivity index (χ4v) is 4.62. The van der Waals surface area contributed by atoms with E-state index in [2.05, 4.69) is 67.3 Å². The molecule has 0 saturated carbocycles. The lowest BCUT2D eigenvalue weighted by Gasteiger charge is -1.87. The highest BCUT2D eigenvalue weighted by Gasteiger charge is 2.09. The van der Waals surface area contributed by atoms with E-state index >= 15 is 0 Å². The Hall–Kier alpha value is 0.460. The Morgan fingerprint density at radius 2 is 1.29 bits per heavy atom. The van der Waals surface area contributed by atoms with Crippen LogP contribution in [-0.4, -0.2) is 9.97 Å². The van der Waals surface area contributed by atoms with Gasteiger partial charge in [0.15, 0.2) is 6.03 Å². The highest BCUT2D eigenvalue weighted by atomic mass is 127. The zero-order valence-corrected chi connectivity index (χ0v) is 12.6. The van der Waals surface area contributed by atoms with Crippen LogP contribution in [0.15, 0.2) is 12.1 Å². The van der Waals surface area contributed by atoms with Crippen molar-refractivity contribution in [2.24, 2.45) is 0 Å². The molecule has 0 spiro atoms. The van der Waals surface area contributed by atoms with Gasteiger partial charge in [-0.3, -0.25) is 0 Å². The average Bonchev–Trinajstić information content (AvgIpc) is 2.65. The molecular formula is C8H2I2N2S2. The van der Waals surface area contributed by atoms with Gasteiger partial charge in [0.1, 0.15) is 11.0 Å². The Morgan fingerprint density at radius 3 is 1.71 bits per heavy atom. The van der Waals surface area contributed by atoms with Crippen molar-refractivity contribution >= 4 is 88.3 Å². The Labute approximate surface area is 115 Å². The van der Waals surface area contributed by atoms with Gasteiger partial charge < -0.3 is 0 Å². The molecule has 6 heteroatoms. The number of rotatable bonds is 0. The van der Waals surface area contributed by atoms with Crippen LogP contribution in [0.4, 0.5) is 0 Å². The molecule has 0 fully saturated rings. The number of benzene rings is 1. The highest BCUT2D eigenvalue weighted by molar-refractivity contribution is 14.1. The summed E-state index contributed by atoms with van der Waals surface area (Å²) in [6.07, 6.45) is 0. The van der Waals surface area contributed by atoms with Gasteiger partial charge in [-0.2, -0.15) is 0 Å². The zero-order chi connectivity index (χ0) is 9.71. The molecule has 1 aromatic carbocycles. The number of hydrogen-bond acceptors (Lipinski definition) is 4. The summed E-state index contributed by atoms with van der Waals surface area (Å²) in [5.41, 5.74) is 2.10. The maximum atomic E-state index is 4.50. The van der Waals surface area contributed by atoms with Crippen molar-refractivity contribution in [1.29, 1.82) is 0 Å². The molecule has 0 amide bonds. The molecule has 2 aromatic heterocycles. The number of fused-ring (bicyclic) bond motifs is 3. The van der Waals surface area contributed by atoms with Gasteiger partial charge in [0, 0.05) is 0 Å². The number of thiazole rings is 2. The van der Waals surface area contributed by atoms with E-state index in [1.807, 2.05) is 0 Å². The standard InChI is InChI=1S/C8H2I2N2S2/c9-7-11-5-3(13-7)1-2-4-6(5)12-8(10)14-4/h1-2H. The van der Waals surface area contributed by atoms with Crippen LogP contribution < -0.4 is 0 Å². The van der Waals surface area contributed by atoms with Gasteiger partial charge in [0.05, 0.1) is 9.40 Å². The highest BCUT2D eigenvalue weighted by Crippen LogP contribution is 2.32. The Bertz CT molecular complexity index is 573. The van der Waals surface area contributed by atoms with E-state index < -0.39 is 0 Å². The molecule has 0 bridgehead atoms. The molecule has 0 aliphatic carbocycles. The molecule has 0 unspecified atom stereocenters. The second kappa shape index (κ2) is 3.49. The second-order valence-corrected chi connectivity index (χ2v) is 8.26. The Balaban J connectivity index is 2.58. The van der Waals surface area contributed by atoms with Crippen molar-refractivity contribution < 1.29 is 0 Å². The summed E-state index contributed by atoms with van der Waals surface area (Å²) in [6, 6.07) is 4.26. The van der Waals surface area contributed by atoms with Crippen LogP contribution in [0.3, 0.4) is 0 Å². The molecule has 0 aliphatic heterocycles. The second-order valence-electron chi connectivity index (χ2n) is 2.69. The van der Waals surface area contributed by atoms with E-state index in [9.17, 15) is 0 Å². The molecule has 2 heterocycles. The quantitative estimate of drug-likeness (QED) is 0.488. The van der Waals surface area contributed by atoms with Crippen LogP contribution in [0, 0.1) is 6.03 Å².